The van der Waals surface area contributed by atoms with E-state index in [-0.39, 0.29) is 12.5 Å². The lowest BCUT2D eigenvalue weighted by molar-refractivity contribution is 0.0760. The number of fused-ring (bicyclic) bond motifs is 1. The average molecular weight is 238 g/mol. The summed E-state index contributed by atoms with van der Waals surface area (Å²) < 4.78 is 1.89. The van der Waals surface area contributed by atoms with Crippen LogP contribution >= 0.6 is 0 Å². The predicted octanol–water partition coefficient (Wildman–Crippen LogP) is -0.559. The summed E-state index contributed by atoms with van der Waals surface area (Å²) in [6.45, 7) is 2.89. The van der Waals surface area contributed by atoms with Gasteiger partial charge in [-0.05, 0) is 19.0 Å². The van der Waals surface area contributed by atoms with Gasteiger partial charge in [0.05, 0.1) is 12.3 Å². The summed E-state index contributed by atoms with van der Waals surface area (Å²) in [5.74, 6) is -0.139. The van der Waals surface area contributed by atoms with Crippen molar-refractivity contribution in [2.75, 3.05) is 26.7 Å². The summed E-state index contributed by atoms with van der Waals surface area (Å²) >= 11 is 0. The Labute approximate surface area is 100 Å². The third-order valence-corrected chi connectivity index (χ3v) is 2.89. The molecule has 0 saturated heterocycles. The molecule has 1 aliphatic rings. The number of aliphatic hydroxyl groups is 1. The van der Waals surface area contributed by atoms with Gasteiger partial charge in [0, 0.05) is 26.7 Å². The van der Waals surface area contributed by atoms with Crippen molar-refractivity contribution >= 4 is 5.91 Å². The third-order valence-electron chi connectivity index (χ3n) is 2.89. The highest BCUT2D eigenvalue weighted by Crippen LogP contribution is 2.10. The van der Waals surface area contributed by atoms with E-state index in [0.29, 0.717) is 12.2 Å². The smallest absolute Gasteiger partial charge is 0.274 e. The van der Waals surface area contributed by atoms with Crippen LogP contribution in [0.15, 0.2) is 6.07 Å². The highest BCUT2D eigenvalue weighted by molar-refractivity contribution is 5.92. The fourth-order valence-corrected chi connectivity index (χ4v) is 1.91. The lowest BCUT2D eigenvalue weighted by Crippen LogP contribution is -2.29. The number of aliphatic hydroxyl groups excluding tert-OH is 1. The molecule has 6 heteroatoms. The van der Waals surface area contributed by atoms with E-state index in [1.165, 1.54) is 4.90 Å². The van der Waals surface area contributed by atoms with Crippen molar-refractivity contribution in [2.24, 2.45) is 0 Å². The van der Waals surface area contributed by atoms with Crippen LogP contribution in [0.5, 0.6) is 0 Å². The van der Waals surface area contributed by atoms with E-state index in [1.54, 1.807) is 7.05 Å². The largest absolute Gasteiger partial charge is 0.395 e. The van der Waals surface area contributed by atoms with Gasteiger partial charge in [-0.2, -0.15) is 5.10 Å². The molecule has 1 amide bonds. The van der Waals surface area contributed by atoms with Crippen LogP contribution in [0.2, 0.25) is 0 Å². The summed E-state index contributed by atoms with van der Waals surface area (Å²) in [6.07, 6.45) is 1.02. The van der Waals surface area contributed by atoms with Gasteiger partial charge < -0.3 is 15.3 Å². The van der Waals surface area contributed by atoms with E-state index < -0.39 is 0 Å². The number of amides is 1. The molecule has 2 heterocycles. The molecule has 0 bridgehead atoms. The number of aromatic nitrogens is 2. The second-order valence-corrected chi connectivity index (χ2v) is 4.22. The Balaban J connectivity index is 2.14. The molecule has 1 aliphatic heterocycles. The second-order valence-electron chi connectivity index (χ2n) is 4.22. The van der Waals surface area contributed by atoms with Crippen LogP contribution in [0.3, 0.4) is 0 Å². The number of hydrogen-bond acceptors (Lipinski definition) is 4. The van der Waals surface area contributed by atoms with Crippen molar-refractivity contribution < 1.29 is 9.90 Å². The highest BCUT2D eigenvalue weighted by atomic mass is 16.3. The van der Waals surface area contributed by atoms with Gasteiger partial charge >= 0.3 is 0 Å². The van der Waals surface area contributed by atoms with Crippen molar-refractivity contribution in [3.8, 4) is 0 Å². The van der Waals surface area contributed by atoms with Crippen LogP contribution < -0.4 is 5.32 Å². The number of carbonyl (C=O) groups is 1. The minimum absolute atomic E-state index is 0.0304. The summed E-state index contributed by atoms with van der Waals surface area (Å²) in [4.78, 5) is 13.4. The van der Waals surface area contributed by atoms with Gasteiger partial charge in [-0.3, -0.25) is 9.48 Å². The molecule has 1 aromatic rings. The molecule has 0 fully saturated rings. The normalized spacial score (nSPS) is 15.2. The van der Waals surface area contributed by atoms with Crippen LogP contribution in [-0.2, 0) is 13.1 Å². The van der Waals surface area contributed by atoms with Gasteiger partial charge in [0.25, 0.3) is 5.91 Å². The van der Waals surface area contributed by atoms with Gasteiger partial charge in [0.2, 0.25) is 0 Å². The molecule has 0 aliphatic carbocycles. The maximum absolute atomic E-state index is 12.0. The number of nitrogens with one attached hydrogen (secondary N) is 1. The number of rotatable bonds is 3. The molecule has 17 heavy (non-hydrogen) atoms. The number of nitrogens with zero attached hydrogens (tertiary/aromatic N) is 3. The Morgan fingerprint density at radius 3 is 3.29 bits per heavy atom. The second kappa shape index (κ2) is 5.29. The Morgan fingerprint density at radius 1 is 1.71 bits per heavy atom. The molecule has 1 aromatic heterocycles. The van der Waals surface area contributed by atoms with E-state index in [2.05, 4.69) is 10.4 Å². The van der Waals surface area contributed by atoms with Crippen LogP contribution in [0, 0.1) is 0 Å². The van der Waals surface area contributed by atoms with E-state index in [9.17, 15) is 4.79 Å². The first kappa shape index (κ1) is 12.1. The molecule has 0 radical (unpaired) electrons. The topological polar surface area (TPSA) is 70.4 Å². The molecule has 0 unspecified atom stereocenters. The Kier molecular flexibility index (Phi) is 3.75. The summed E-state index contributed by atoms with van der Waals surface area (Å²) in [5.41, 5.74) is 1.50. The van der Waals surface area contributed by atoms with Gasteiger partial charge in [0.15, 0.2) is 5.69 Å². The minimum Gasteiger partial charge on any atom is -0.395 e. The van der Waals surface area contributed by atoms with E-state index in [4.69, 9.17) is 5.11 Å². The molecule has 2 N–H and O–H groups in total. The fourth-order valence-electron chi connectivity index (χ4n) is 1.91. The third kappa shape index (κ3) is 2.65. The van der Waals surface area contributed by atoms with Crippen LogP contribution in [0.25, 0.3) is 0 Å². The zero-order valence-corrected chi connectivity index (χ0v) is 10.0. The number of hydrogen-bond donors (Lipinski definition) is 2. The van der Waals surface area contributed by atoms with E-state index in [1.807, 2.05) is 10.7 Å². The van der Waals surface area contributed by atoms with Crippen molar-refractivity contribution in [3.63, 3.8) is 0 Å². The van der Waals surface area contributed by atoms with Crippen molar-refractivity contribution in [1.82, 2.24) is 20.0 Å². The molecule has 0 atom stereocenters. The van der Waals surface area contributed by atoms with Crippen molar-refractivity contribution in [3.05, 3.63) is 17.5 Å². The van der Waals surface area contributed by atoms with E-state index in [0.717, 1.165) is 31.7 Å². The first-order valence-corrected chi connectivity index (χ1v) is 5.86. The minimum atomic E-state index is -0.139. The van der Waals surface area contributed by atoms with Crippen LogP contribution in [-0.4, -0.2) is 52.4 Å². The van der Waals surface area contributed by atoms with Crippen molar-refractivity contribution in [2.45, 2.75) is 19.5 Å². The predicted molar refractivity (Wildman–Crippen MR) is 62.6 cm³/mol. The highest BCUT2D eigenvalue weighted by Gasteiger charge is 2.18. The molecular formula is C11H18N4O2. The average Bonchev–Trinajstić information content (AvgIpc) is 2.60. The maximum Gasteiger partial charge on any atom is 0.274 e. The summed E-state index contributed by atoms with van der Waals surface area (Å²) in [5, 5.41) is 16.4. The van der Waals surface area contributed by atoms with Crippen molar-refractivity contribution in [1.29, 1.82) is 0 Å². The zero-order valence-electron chi connectivity index (χ0n) is 10.0. The zero-order chi connectivity index (χ0) is 12.3. The van der Waals surface area contributed by atoms with Gasteiger partial charge in [-0.15, -0.1) is 0 Å². The number of likely N-dealkylation sites (N-methyl/N-ethyl adjacent to an activating group) is 1. The maximum atomic E-state index is 12.0. The molecule has 0 spiro atoms. The summed E-state index contributed by atoms with van der Waals surface area (Å²) in [6, 6.07) is 1.83. The Morgan fingerprint density at radius 2 is 2.53 bits per heavy atom. The number of carbonyl (C=O) groups excluding carboxylic acids is 1. The van der Waals surface area contributed by atoms with Gasteiger partial charge in [-0.25, -0.2) is 0 Å². The molecule has 0 aromatic carbocycles. The number of aryl methyl sites for hydroxylation is 1. The molecular weight excluding hydrogens is 220 g/mol. The monoisotopic (exact) mass is 238 g/mol. The van der Waals surface area contributed by atoms with Crippen LogP contribution in [0.1, 0.15) is 22.6 Å². The van der Waals surface area contributed by atoms with Gasteiger partial charge in [-0.1, -0.05) is 0 Å². The molecule has 6 nitrogen and oxygen atoms in total. The fraction of sp³-hybridized carbons (Fsp3) is 0.636. The Hall–Kier alpha value is -1.40. The van der Waals surface area contributed by atoms with Crippen LogP contribution in [0.4, 0.5) is 0 Å². The van der Waals surface area contributed by atoms with E-state index >= 15 is 0 Å². The Bertz CT molecular complexity index is 379. The first-order valence-electron chi connectivity index (χ1n) is 5.86. The molecule has 2 rings (SSSR count). The first-order chi connectivity index (χ1) is 8.22. The quantitative estimate of drug-likeness (QED) is 0.740. The standard InChI is InChI=1S/C11H18N4O2/c1-14(5-6-16)11(17)10-7-9-8-12-3-2-4-15(9)13-10/h7,12,16H,2-6,8H2,1H3. The SMILES string of the molecule is CN(CCO)C(=O)c1cc2n(n1)CCCNC2. The van der Waals surface area contributed by atoms with Gasteiger partial charge in [0.1, 0.15) is 0 Å². The molecule has 0 saturated carbocycles. The lowest BCUT2D eigenvalue weighted by atomic mass is 10.3. The summed E-state index contributed by atoms with van der Waals surface area (Å²) in [7, 11) is 1.67. The lowest BCUT2D eigenvalue weighted by Gasteiger charge is -2.13. The molecule has 94 valence electrons.